The van der Waals surface area contributed by atoms with E-state index < -0.39 is 0 Å². The highest BCUT2D eigenvalue weighted by Crippen LogP contribution is 2.33. The van der Waals surface area contributed by atoms with Crippen LogP contribution >= 0.6 is 11.3 Å². The zero-order valence-electron chi connectivity index (χ0n) is 10.1. The lowest BCUT2D eigenvalue weighted by Gasteiger charge is -2.06. The van der Waals surface area contributed by atoms with Crippen molar-refractivity contribution in [3.63, 3.8) is 0 Å². The number of anilines is 1. The second kappa shape index (κ2) is 4.42. The minimum atomic E-state index is 0.792. The van der Waals surface area contributed by atoms with Crippen molar-refractivity contribution in [2.45, 2.75) is 19.9 Å². The fourth-order valence-electron chi connectivity index (χ4n) is 2.11. The van der Waals surface area contributed by atoms with Crippen molar-refractivity contribution >= 4 is 28.1 Å². The number of rotatable bonds is 3. The molecule has 0 atom stereocenters. The van der Waals surface area contributed by atoms with Gasteiger partial charge in [-0.3, -0.25) is 4.98 Å². The average Bonchev–Trinajstić information content (AvgIpc) is 2.94. The van der Waals surface area contributed by atoms with Gasteiger partial charge in [0.15, 0.2) is 5.82 Å². The second-order valence-corrected chi connectivity index (χ2v) is 5.07. The zero-order valence-corrected chi connectivity index (χ0v) is 10.9. The van der Waals surface area contributed by atoms with Crippen LogP contribution in [0.25, 0.3) is 21.7 Å². The molecule has 0 fully saturated rings. The largest absolute Gasteiger partial charge is 0.397 e. The lowest BCUT2D eigenvalue weighted by molar-refractivity contribution is 0.705. The van der Waals surface area contributed by atoms with Crippen molar-refractivity contribution in [2.24, 2.45) is 0 Å². The molecule has 0 amide bonds. The molecule has 18 heavy (non-hydrogen) atoms. The minimum Gasteiger partial charge on any atom is -0.397 e. The molecule has 0 saturated heterocycles. The summed E-state index contributed by atoms with van der Waals surface area (Å²) in [5.41, 5.74) is 8.84. The number of nitrogen functional groups attached to an aromatic ring is 1. The van der Waals surface area contributed by atoms with Crippen LogP contribution < -0.4 is 5.73 Å². The van der Waals surface area contributed by atoms with Gasteiger partial charge >= 0.3 is 0 Å². The summed E-state index contributed by atoms with van der Waals surface area (Å²) < 4.78 is 2.22. The van der Waals surface area contributed by atoms with Gasteiger partial charge in [-0.1, -0.05) is 6.92 Å². The highest BCUT2D eigenvalue weighted by molar-refractivity contribution is 7.14. The highest BCUT2D eigenvalue weighted by atomic mass is 32.1. The maximum atomic E-state index is 6.00. The van der Waals surface area contributed by atoms with Crippen LogP contribution in [0.5, 0.6) is 0 Å². The summed E-state index contributed by atoms with van der Waals surface area (Å²) in [6.07, 6.45) is 4.67. The Labute approximate surface area is 109 Å². The first-order chi connectivity index (χ1) is 8.81. The van der Waals surface area contributed by atoms with Crippen LogP contribution in [0.4, 0.5) is 5.69 Å². The lowest BCUT2D eigenvalue weighted by Crippen LogP contribution is -2.00. The van der Waals surface area contributed by atoms with Crippen LogP contribution in [0, 0.1) is 0 Å². The van der Waals surface area contributed by atoms with Gasteiger partial charge in [-0.25, -0.2) is 4.98 Å². The molecule has 3 rings (SSSR count). The van der Waals surface area contributed by atoms with Crippen molar-refractivity contribution in [2.75, 3.05) is 5.73 Å². The fourth-order valence-corrected chi connectivity index (χ4v) is 2.92. The maximum absolute atomic E-state index is 6.00. The third kappa shape index (κ3) is 1.67. The molecule has 0 aromatic carbocycles. The van der Waals surface area contributed by atoms with Gasteiger partial charge in [0.2, 0.25) is 0 Å². The van der Waals surface area contributed by atoms with Gasteiger partial charge in [0.1, 0.15) is 5.52 Å². The Morgan fingerprint density at radius 1 is 1.39 bits per heavy atom. The monoisotopic (exact) mass is 258 g/mol. The van der Waals surface area contributed by atoms with Gasteiger partial charge in [-0.15, -0.1) is 11.3 Å². The zero-order chi connectivity index (χ0) is 12.5. The molecule has 0 saturated carbocycles. The van der Waals surface area contributed by atoms with E-state index in [1.54, 1.807) is 23.7 Å². The standard InChI is InChI=1S/C13H14N4S/c1-2-6-17-11-3-5-15-8-10(11)16-13(17)12-9(14)4-7-18-12/h3-5,7-8H,2,6,14H2,1H3. The van der Waals surface area contributed by atoms with Crippen molar-refractivity contribution in [3.05, 3.63) is 29.9 Å². The number of aryl methyl sites for hydroxylation is 1. The number of imidazole rings is 1. The Hall–Kier alpha value is -1.88. The second-order valence-electron chi connectivity index (χ2n) is 4.16. The Balaban J connectivity index is 2.28. The van der Waals surface area contributed by atoms with Gasteiger partial charge in [0.05, 0.1) is 22.3 Å². The van der Waals surface area contributed by atoms with Crippen molar-refractivity contribution < 1.29 is 0 Å². The molecule has 92 valence electrons. The maximum Gasteiger partial charge on any atom is 0.153 e. The van der Waals surface area contributed by atoms with Crippen LogP contribution in [0.2, 0.25) is 0 Å². The molecule has 3 heterocycles. The third-order valence-electron chi connectivity index (χ3n) is 2.90. The van der Waals surface area contributed by atoms with E-state index in [4.69, 9.17) is 5.73 Å². The quantitative estimate of drug-likeness (QED) is 0.785. The van der Waals surface area contributed by atoms with Crippen LogP contribution in [0.15, 0.2) is 29.9 Å². The summed E-state index contributed by atoms with van der Waals surface area (Å²) >= 11 is 1.63. The molecule has 5 heteroatoms. The number of pyridine rings is 1. The SMILES string of the molecule is CCCn1c(-c2sccc2N)nc2cnccc21. The van der Waals surface area contributed by atoms with E-state index in [-0.39, 0.29) is 0 Å². The topological polar surface area (TPSA) is 56.7 Å². The van der Waals surface area contributed by atoms with E-state index in [2.05, 4.69) is 21.5 Å². The third-order valence-corrected chi connectivity index (χ3v) is 3.82. The summed E-state index contributed by atoms with van der Waals surface area (Å²) in [6, 6.07) is 3.93. The van der Waals surface area contributed by atoms with E-state index >= 15 is 0 Å². The number of nitrogens with two attached hydrogens (primary N) is 1. The summed E-state index contributed by atoms with van der Waals surface area (Å²) in [5.74, 6) is 0.951. The smallest absolute Gasteiger partial charge is 0.153 e. The van der Waals surface area contributed by atoms with E-state index in [9.17, 15) is 0 Å². The normalized spacial score (nSPS) is 11.2. The number of aromatic nitrogens is 3. The van der Waals surface area contributed by atoms with Crippen molar-refractivity contribution in [3.8, 4) is 10.7 Å². The van der Waals surface area contributed by atoms with Crippen LogP contribution in [0.1, 0.15) is 13.3 Å². The molecule has 3 aromatic rings. The molecule has 2 N–H and O–H groups in total. The molecule has 3 aromatic heterocycles. The molecule has 0 spiro atoms. The first kappa shape index (κ1) is 11.2. The van der Waals surface area contributed by atoms with Gasteiger partial charge in [-0.2, -0.15) is 0 Å². The number of fused-ring (bicyclic) bond motifs is 1. The molecular weight excluding hydrogens is 244 g/mol. The van der Waals surface area contributed by atoms with E-state index in [1.165, 1.54) is 0 Å². The number of hydrogen-bond donors (Lipinski definition) is 1. The fraction of sp³-hybridized carbons (Fsp3) is 0.231. The summed E-state index contributed by atoms with van der Waals surface area (Å²) in [7, 11) is 0. The highest BCUT2D eigenvalue weighted by Gasteiger charge is 2.15. The van der Waals surface area contributed by atoms with Gasteiger partial charge in [-0.05, 0) is 23.9 Å². The predicted molar refractivity (Wildman–Crippen MR) is 75.5 cm³/mol. The molecular formula is C13H14N4S. The first-order valence-electron chi connectivity index (χ1n) is 5.95. The Bertz CT molecular complexity index is 683. The van der Waals surface area contributed by atoms with Gasteiger partial charge in [0.25, 0.3) is 0 Å². The molecule has 0 aliphatic rings. The number of nitrogens with zero attached hydrogens (tertiary/aromatic N) is 3. The van der Waals surface area contributed by atoms with Gasteiger partial charge in [0, 0.05) is 12.7 Å². The molecule has 0 aliphatic carbocycles. The van der Waals surface area contributed by atoms with Gasteiger partial charge < -0.3 is 10.3 Å². The molecule has 0 unspecified atom stereocenters. The van der Waals surface area contributed by atoms with Crippen molar-refractivity contribution in [1.29, 1.82) is 0 Å². The molecule has 0 radical (unpaired) electrons. The average molecular weight is 258 g/mol. The number of hydrogen-bond acceptors (Lipinski definition) is 4. The van der Waals surface area contributed by atoms with Crippen molar-refractivity contribution in [1.82, 2.24) is 14.5 Å². The summed E-state index contributed by atoms with van der Waals surface area (Å²) in [6.45, 7) is 3.10. The lowest BCUT2D eigenvalue weighted by atomic mass is 10.3. The van der Waals surface area contributed by atoms with Crippen LogP contribution in [0.3, 0.4) is 0 Å². The number of thiophene rings is 1. The summed E-state index contributed by atoms with van der Waals surface area (Å²) in [4.78, 5) is 9.83. The summed E-state index contributed by atoms with van der Waals surface area (Å²) in [5, 5.41) is 2.00. The van der Waals surface area contributed by atoms with Crippen LogP contribution in [-0.2, 0) is 6.54 Å². The Morgan fingerprint density at radius 3 is 3.00 bits per heavy atom. The van der Waals surface area contributed by atoms with Crippen LogP contribution in [-0.4, -0.2) is 14.5 Å². The minimum absolute atomic E-state index is 0.792. The molecule has 0 bridgehead atoms. The van der Waals surface area contributed by atoms with E-state index in [0.717, 1.165) is 40.4 Å². The molecule has 4 nitrogen and oxygen atoms in total. The molecule has 0 aliphatic heterocycles. The first-order valence-corrected chi connectivity index (χ1v) is 6.83. The van der Waals surface area contributed by atoms with E-state index in [1.807, 2.05) is 17.5 Å². The van der Waals surface area contributed by atoms with E-state index in [0.29, 0.717) is 0 Å². The Kier molecular flexibility index (Phi) is 2.76. The Morgan fingerprint density at radius 2 is 2.28 bits per heavy atom. The predicted octanol–water partition coefficient (Wildman–Crippen LogP) is 3.15.